The fraction of sp³-hybridized carbons (Fsp3) is 0.360. The van der Waals surface area contributed by atoms with E-state index in [4.69, 9.17) is 30.5 Å². The van der Waals surface area contributed by atoms with E-state index in [-0.39, 0.29) is 36.2 Å². The van der Waals surface area contributed by atoms with Crippen LogP contribution in [0.4, 0.5) is 20.2 Å². The Hall–Kier alpha value is -3.41. The minimum Gasteiger partial charge on any atom is -0.493 e. The second-order valence-corrected chi connectivity index (χ2v) is 8.92. The van der Waals surface area contributed by atoms with E-state index in [1.54, 1.807) is 30.5 Å². The number of carbonyl (C=O) groups excluding carboxylic acids is 1. The molecule has 0 saturated carbocycles. The van der Waals surface area contributed by atoms with Crippen LogP contribution in [0.5, 0.6) is 11.5 Å². The van der Waals surface area contributed by atoms with Crippen LogP contribution in [0.3, 0.4) is 0 Å². The number of halogens is 3. The molecule has 0 radical (unpaired) electrons. The molecule has 2 aromatic heterocycles. The summed E-state index contributed by atoms with van der Waals surface area (Å²) in [5.41, 5.74) is 1.85. The number of hydrogen-bond acceptors (Lipinski definition) is 7. The highest BCUT2D eigenvalue weighted by atomic mass is 35.5. The van der Waals surface area contributed by atoms with Crippen molar-refractivity contribution in [2.45, 2.75) is 18.4 Å². The average molecular weight is 535 g/mol. The lowest BCUT2D eigenvalue weighted by atomic mass is 9.96. The highest BCUT2D eigenvalue weighted by Gasteiger charge is 2.37. The van der Waals surface area contributed by atoms with E-state index in [2.05, 4.69) is 20.6 Å². The van der Waals surface area contributed by atoms with Gasteiger partial charge in [-0.2, -0.15) is 0 Å². The Kier molecular flexibility index (Phi) is 7.45. The molecule has 12 heteroatoms. The van der Waals surface area contributed by atoms with Crippen LogP contribution in [0.15, 0.2) is 36.7 Å². The number of rotatable bonds is 8. The summed E-state index contributed by atoms with van der Waals surface area (Å²) >= 11 is 6.30. The van der Waals surface area contributed by atoms with E-state index < -0.39 is 18.3 Å². The lowest BCUT2D eigenvalue weighted by Gasteiger charge is -2.23. The number of nitrogens with zero attached hydrogens (tertiary/aromatic N) is 1. The van der Waals surface area contributed by atoms with Crippen molar-refractivity contribution in [3.8, 4) is 22.8 Å². The van der Waals surface area contributed by atoms with Gasteiger partial charge in [0.1, 0.15) is 18.5 Å². The highest BCUT2D eigenvalue weighted by molar-refractivity contribution is 6.32. The lowest BCUT2D eigenvalue weighted by molar-refractivity contribution is -0.101. The number of anilines is 2. The second kappa shape index (κ2) is 10.9. The Bertz CT molecular complexity index is 1280. The van der Waals surface area contributed by atoms with Crippen molar-refractivity contribution in [1.82, 2.24) is 15.3 Å². The number of carbonyl (C=O) groups is 1. The number of H-pyrrole nitrogens is 1. The zero-order chi connectivity index (χ0) is 25.9. The zero-order valence-electron chi connectivity index (χ0n) is 19.9. The molecule has 1 amide bonds. The quantitative estimate of drug-likeness (QED) is 0.394. The van der Waals surface area contributed by atoms with Gasteiger partial charge in [-0.25, -0.2) is 8.78 Å². The van der Waals surface area contributed by atoms with Gasteiger partial charge in [-0.15, -0.1) is 0 Å². The van der Waals surface area contributed by atoms with E-state index in [9.17, 15) is 13.6 Å². The number of benzene rings is 1. The van der Waals surface area contributed by atoms with Gasteiger partial charge in [0.05, 0.1) is 66.7 Å². The molecule has 1 aromatic carbocycles. The minimum atomic E-state index is -2.70. The Balaban J connectivity index is 1.61. The number of ether oxygens (including phenoxy) is 4. The van der Waals surface area contributed by atoms with Crippen molar-refractivity contribution in [3.63, 3.8) is 0 Å². The van der Waals surface area contributed by atoms with Crippen LogP contribution in [0.1, 0.15) is 22.0 Å². The molecular formula is C25H25ClF2N4O5. The molecule has 0 aliphatic carbocycles. The maximum atomic E-state index is 14.0. The van der Waals surface area contributed by atoms with Gasteiger partial charge < -0.3 is 34.6 Å². The first-order chi connectivity index (χ1) is 18.0. The molecular weight excluding hydrogens is 510 g/mol. The zero-order valence-corrected chi connectivity index (χ0v) is 20.6. The summed E-state index contributed by atoms with van der Waals surface area (Å²) < 4.78 is 50.5. The SMILES string of the molecule is COc1c(Cl)cccc1Nc1c(-c2ccncc2OC[C@@H]2COCCO2)[nH]c2c1C(=O)NC[C@H]2C(F)F. The number of para-hydroxylation sites is 1. The summed E-state index contributed by atoms with van der Waals surface area (Å²) in [5.74, 6) is -0.984. The number of hydrogen-bond donors (Lipinski definition) is 3. The number of amides is 1. The van der Waals surface area contributed by atoms with E-state index in [1.165, 1.54) is 13.3 Å². The Labute approximate surface area is 216 Å². The first-order valence-electron chi connectivity index (χ1n) is 11.7. The normalized spacial score (nSPS) is 19.3. The summed E-state index contributed by atoms with van der Waals surface area (Å²) in [7, 11) is 1.46. The summed E-state index contributed by atoms with van der Waals surface area (Å²) in [5, 5.41) is 6.11. The lowest BCUT2D eigenvalue weighted by Crippen LogP contribution is -2.37. The van der Waals surface area contributed by atoms with Crippen LogP contribution < -0.4 is 20.1 Å². The summed E-state index contributed by atoms with van der Waals surface area (Å²) in [6.45, 7) is 1.39. The number of pyridine rings is 1. The predicted octanol–water partition coefficient (Wildman–Crippen LogP) is 4.37. The molecule has 2 aliphatic heterocycles. The van der Waals surface area contributed by atoms with Gasteiger partial charge in [0.15, 0.2) is 5.75 Å². The number of alkyl halides is 2. The number of aromatic nitrogens is 2. The van der Waals surface area contributed by atoms with Gasteiger partial charge in [0, 0.05) is 24.0 Å². The summed E-state index contributed by atoms with van der Waals surface area (Å²) in [6.07, 6.45) is 0.112. The Morgan fingerprint density at radius 3 is 2.92 bits per heavy atom. The van der Waals surface area contributed by atoms with Crippen molar-refractivity contribution in [1.29, 1.82) is 0 Å². The second-order valence-electron chi connectivity index (χ2n) is 8.51. The van der Waals surface area contributed by atoms with Gasteiger partial charge in [0.25, 0.3) is 5.91 Å². The first-order valence-corrected chi connectivity index (χ1v) is 12.0. The molecule has 0 bridgehead atoms. The minimum absolute atomic E-state index is 0.0837. The molecule has 1 saturated heterocycles. The fourth-order valence-electron chi connectivity index (χ4n) is 4.43. The van der Waals surface area contributed by atoms with Crippen LogP contribution in [0.2, 0.25) is 5.02 Å². The summed E-state index contributed by atoms with van der Waals surface area (Å²) in [4.78, 5) is 20.2. The predicted molar refractivity (Wildman–Crippen MR) is 132 cm³/mol. The van der Waals surface area contributed by atoms with Gasteiger partial charge in [-0.3, -0.25) is 9.78 Å². The molecule has 4 heterocycles. The van der Waals surface area contributed by atoms with Crippen LogP contribution in [-0.2, 0) is 9.47 Å². The van der Waals surface area contributed by atoms with Gasteiger partial charge >= 0.3 is 0 Å². The molecule has 196 valence electrons. The maximum absolute atomic E-state index is 14.0. The average Bonchev–Trinajstić information content (AvgIpc) is 3.28. The largest absolute Gasteiger partial charge is 0.493 e. The van der Waals surface area contributed by atoms with Crippen molar-refractivity contribution < 1.29 is 32.5 Å². The molecule has 3 N–H and O–H groups in total. The van der Waals surface area contributed by atoms with Crippen molar-refractivity contribution in [3.05, 3.63) is 52.9 Å². The molecule has 0 spiro atoms. The van der Waals surface area contributed by atoms with Gasteiger partial charge in [-0.05, 0) is 18.2 Å². The molecule has 0 unspecified atom stereocenters. The Morgan fingerprint density at radius 1 is 1.30 bits per heavy atom. The van der Waals surface area contributed by atoms with Crippen molar-refractivity contribution in [2.24, 2.45) is 0 Å². The van der Waals surface area contributed by atoms with Crippen molar-refractivity contribution >= 4 is 28.9 Å². The third-order valence-electron chi connectivity index (χ3n) is 6.21. The van der Waals surface area contributed by atoms with Crippen LogP contribution in [-0.4, -0.2) is 68.5 Å². The highest BCUT2D eigenvalue weighted by Crippen LogP contribution is 2.45. The van der Waals surface area contributed by atoms with E-state index in [0.29, 0.717) is 53.3 Å². The fourth-order valence-corrected chi connectivity index (χ4v) is 4.69. The number of methoxy groups -OCH3 is 1. The monoisotopic (exact) mass is 534 g/mol. The maximum Gasteiger partial charge on any atom is 0.255 e. The van der Waals surface area contributed by atoms with Crippen LogP contribution in [0.25, 0.3) is 11.3 Å². The van der Waals surface area contributed by atoms with Crippen LogP contribution >= 0.6 is 11.6 Å². The van der Waals surface area contributed by atoms with E-state index in [0.717, 1.165) is 0 Å². The number of fused-ring (bicyclic) bond motifs is 1. The molecule has 37 heavy (non-hydrogen) atoms. The molecule has 2 atom stereocenters. The van der Waals surface area contributed by atoms with Gasteiger partial charge in [0.2, 0.25) is 6.43 Å². The van der Waals surface area contributed by atoms with Gasteiger partial charge in [-0.1, -0.05) is 17.7 Å². The number of nitrogens with one attached hydrogen (secondary N) is 3. The Morgan fingerprint density at radius 2 is 2.16 bits per heavy atom. The molecule has 9 nitrogen and oxygen atoms in total. The van der Waals surface area contributed by atoms with E-state index in [1.807, 2.05) is 0 Å². The third-order valence-corrected chi connectivity index (χ3v) is 6.51. The summed E-state index contributed by atoms with van der Waals surface area (Å²) in [6, 6.07) is 6.76. The molecule has 3 aromatic rings. The molecule has 5 rings (SSSR count). The smallest absolute Gasteiger partial charge is 0.255 e. The van der Waals surface area contributed by atoms with Crippen molar-refractivity contribution in [2.75, 3.05) is 45.4 Å². The third kappa shape index (κ3) is 5.07. The number of aromatic amines is 1. The topological polar surface area (TPSA) is 107 Å². The molecule has 2 aliphatic rings. The van der Waals surface area contributed by atoms with Crippen LogP contribution in [0, 0.1) is 0 Å². The standard InChI is InChI=1S/C25H25ClF2N4O5/c1-34-23-16(26)3-2-4-17(23)31-22-19-20(15(24(27)28)9-30-25(19)33)32-21(22)14-5-6-29-10-18(14)37-12-13-11-35-7-8-36-13/h2-6,10,13,15,24,31-32H,7-9,11-12H2,1H3,(H,30,33)/t13-,15+/m0/s1. The van der Waals surface area contributed by atoms with E-state index >= 15 is 0 Å². The first kappa shape index (κ1) is 25.2. The molecule has 1 fully saturated rings.